The molecule has 4 heteroatoms. The van der Waals surface area contributed by atoms with Crippen LogP contribution in [0.15, 0.2) is 18.7 Å². The van der Waals surface area contributed by atoms with E-state index in [0.29, 0.717) is 12.5 Å². The van der Waals surface area contributed by atoms with Crippen LogP contribution in [0, 0.1) is 16.7 Å². The lowest BCUT2D eigenvalue weighted by atomic mass is 9.70. The smallest absolute Gasteiger partial charge is 0.348 e. The molecule has 2 aliphatic carbocycles. The molecule has 3 atom stereocenters. The molecule has 0 saturated heterocycles. The van der Waals surface area contributed by atoms with Gasteiger partial charge in [-0.15, -0.1) is 0 Å². The van der Waals surface area contributed by atoms with Crippen LogP contribution in [0.2, 0.25) is 0 Å². The van der Waals surface area contributed by atoms with Crippen LogP contribution >= 0.6 is 0 Å². The van der Waals surface area contributed by atoms with Gasteiger partial charge in [0, 0.05) is 5.41 Å². The highest BCUT2D eigenvalue weighted by atomic mass is 16.5. The summed E-state index contributed by atoms with van der Waals surface area (Å²) in [5, 5.41) is 0. The fourth-order valence-electron chi connectivity index (χ4n) is 4.66. The number of carbonyl (C=O) groups excluding carboxylic acids is 1. The lowest BCUT2D eigenvalue weighted by molar-refractivity contribution is -0.685. The predicted octanol–water partition coefficient (Wildman–Crippen LogP) is 3.33. The molecule has 0 aromatic carbocycles. The van der Waals surface area contributed by atoms with Gasteiger partial charge in [-0.25, -0.2) is 13.9 Å². The Bertz CT molecular complexity index is 578. The lowest BCUT2D eigenvalue weighted by Crippen LogP contribution is -2.42. The Hall–Kier alpha value is -1.32. The second-order valence-electron chi connectivity index (χ2n) is 8.27. The summed E-state index contributed by atoms with van der Waals surface area (Å²) in [5.41, 5.74) is 0.430. The topological polar surface area (TPSA) is 35.1 Å². The lowest BCUT2D eigenvalue weighted by Gasteiger charge is -2.38. The Kier molecular flexibility index (Phi) is 4.28. The molecule has 1 heterocycles. The molecule has 2 fully saturated rings. The van der Waals surface area contributed by atoms with Gasteiger partial charge in [0.25, 0.3) is 0 Å². The zero-order valence-corrected chi connectivity index (χ0v) is 15.0. The number of aromatic nitrogens is 2. The Morgan fingerprint density at radius 3 is 2.78 bits per heavy atom. The molecule has 0 radical (unpaired) electrons. The highest BCUT2D eigenvalue weighted by Crippen LogP contribution is 2.66. The maximum absolute atomic E-state index is 12.4. The Morgan fingerprint density at radius 1 is 1.39 bits per heavy atom. The molecule has 128 valence electrons. The first-order valence-electron chi connectivity index (χ1n) is 9.11. The maximum atomic E-state index is 12.4. The normalized spacial score (nSPS) is 31.5. The number of ether oxygens (including phenoxy) is 1. The fraction of sp³-hybridized carbons (Fsp3) is 0.789. The molecule has 23 heavy (non-hydrogen) atoms. The van der Waals surface area contributed by atoms with E-state index in [1.54, 1.807) is 0 Å². The number of nitrogens with zero attached hydrogens (tertiary/aromatic N) is 2. The van der Waals surface area contributed by atoms with Gasteiger partial charge in [-0.1, -0.05) is 34.1 Å². The monoisotopic (exact) mass is 319 g/mol. The molecular weight excluding hydrogens is 288 g/mol. The van der Waals surface area contributed by atoms with Gasteiger partial charge in [-0.05, 0) is 37.0 Å². The van der Waals surface area contributed by atoms with E-state index < -0.39 is 0 Å². The van der Waals surface area contributed by atoms with Crippen molar-refractivity contribution in [2.24, 2.45) is 16.7 Å². The summed E-state index contributed by atoms with van der Waals surface area (Å²) >= 11 is 0. The highest BCUT2D eigenvalue weighted by Gasteiger charge is 2.62. The second kappa shape index (κ2) is 5.95. The minimum atomic E-state index is -0.0992. The summed E-state index contributed by atoms with van der Waals surface area (Å²) in [4.78, 5) is 12.4. The van der Waals surface area contributed by atoms with E-state index in [9.17, 15) is 4.79 Å². The van der Waals surface area contributed by atoms with Crippen LogP contribution in [0.1, 0.15) is 59.8 Å². The number of fused-ring (bicyclic) bond motifs is 2. The molecule has 0 amide bonds. The molecule has 0 unspecified atom stereocenters. The number of rotatable bonds is 6. The minimum absolute atomic E-state index is 0.0894. The molecule has 1 aromatic heterocycles. The standard InChI is InChI=1S/C19H31N2O2/c1-5-6-9-20-10-11-21(14-20)13-17(22)23-16-12-15-7-8-19(16,4)18(15,2)3/h10-11,14-16H,5-9,12-13H2,1-4H3/q+1/t15-,16+,19+/m0/s1. The molecule has 2 aliphatic rings. The Balaban J connectivity index is 1.57. The van der Waals surface area contributed by atoms with Crippen molar-refractivity contribution in [2.45, 2.75) is 79.0 Å². The van der Waals surface area contributed by atoms with Gasteiger partial charge in [0.1, 0.15) is 18.5 Å². The first-order valence-corrected chi connectivity index (χ1v) is 9.11. The first kappa shape index (κ1) is 16.5. The van der Waals surface area contributed by atoms with Crippen LogP contribution in [0.5, 0.6) is 0 Å². The quantitative estimate of drug-likeness (QED) is 0.595. The molecule has 1 aromatic rings. The summed E-state index contributed by atoms with van der Waals surface area (Å²) in [6.07, 6.45) is 11.9. The minimum Gasteiger partial charge on any atom is -0.459 e. The van der Waals surface area contributed by atoms with Gasteiger partial charge in [0.15, 0.2) is 6.54 Å². The third-order valence-corrected chi connectivity index (χ3v) is 6.82. The molecule has 0 aliphatic heterocycles. The van der Waals surface area contributed by atoms with Gasteiger partial charge >= 0.3 is 5.97 Å². The van der Waals surface area contributed by atoms with Gasteiger partial charge < -0.3 is 4.74 Å². The molecular formula is C19H31N2O2+. The maximum Gasteiger partial charge on any atom is 0.348 e. The van der Waals surface area contributed by atoms with Crippen molar-refractivity contribution in [3.63, 3.8) is 0 Å². The third kappa shape index (κ3) is 2.81. The van der Waals surface area contributed by atoms with Gasteiger partial charge in [-0.2, -0.15) is 0 Å². The van der Waals surface area contributed by atoms with Crippen LogP contribution in [-0.2, 0) is 22.6 Å². The fourth-order valence-corrected chi connectivity index (χ4v) is 4.66. The second-order valence-corrected chi connectivity index (χ2v) is 8.27. The number of unbranched alkanes of at least 4 members (excludes halogenated alkanes) is 1. The number of carbonyl (C=O) groups is 1. The Morgan fingerprint density at radius 2 is 2.17 bits per heavy atom. The number of esters is 1. The Labute approximate surface area is 139 Å². The summed E-state index contributed by atoms with van der Waals surface area (Å²) < 4.78 is 9.98. The van der Waals surface area contributed by atoms with Crippen molar-refractivity contribution in [1.29, 1.82) is 0 Å². The van der Waals surface area contributed by atoms with Crippen LogP contribution < -0.4 is 4.57 Å². The average Bonchev–Trinajstić information content (AvgIpc) is 3.07. The van der Waals surface area contributed by atoms with E-state index >= 15 is 0 Å². The van der Waals surface area contributed by atoms with Gasteiger partial charge in [-0.3, -0.25) is 0 Å². The summed E-state index contributed by atoms with van der Waals surface area (Å²) in [7, 11) is 0. The SMILES string of the molecule is CCCCn1cc[n+](CC(=O)O[C@@H]2C[C@@H]3CC[C@@]2(C)C3(C)C)c1. The summed E-state index contributed by atoms with van der Waals surface area (Å²) in [5.74, 6) is 0.603. The molecule has 3 rings (SSSR count). The summed E-state index contributed by atoms with van der Waals surface area (Å²) in [6, 6.07) is 0. The molecule has 2 saturated carbocycles. The molecule has 0 N–H and O–H groups in total. The van der Waals surface area contributed by atoms with Crippen LogP contribution in [0.4, 0.5) is 0 Å². The van der Waals surface area contributed by atoms with Crippen LogP contribution in [-0.4, -0.2) is 16.6 Å². The van der Waals surface area contributed by atoms with E-state index in [2.05, 4.69) is 32.3 Å². The van der Waals surface area contributed by atoms with Crippen molar-refractivity contribution < 1.29 is 14.1 Å². The van der Waals surface area contributed by atoms with Crippen molar-refractivity contribution in [3.05, 3.63) is 18.7 Å². The van der Waals surface area contributed by atoms with E-state index in [4.69, 9.17) is 4.74 Å². The van der Waals surface area contributed by atoms with Crippen LogP contribution in [0.25, 0.3) is 0 Å². The average molecular weight is 319 g/mol. The van der Waals surface area contributed by atoms with Crippen molar-refractivity contribution in [1.82, 2.24) is 4.57 Å². The van der Waals surface area contributed by atoms with Crippen molar-refractivity contribution in [3.8, 4) is 0 Å². The van der Waals surface area contributed by atoms with E-state index in [1.807, 2.05) is 23.3 Å². The largest absolute Gasteiger partial charge is 0.459 e. The van der Waals surface area contributed by atoms with Crippen molar-refractivity contribution >= 4 is 5.97 Å². The zero-order chi connectivity index (χ0) is 16.7. The summed E-state index contributed by atoms with van der Waals surface area (Å²) in [6.45, 7) is 10.5. The number of hydrogen-bond donors (Lipinski definition) is 0. The van der Waals surface area contributed by atoms with Gasteiger partial charge in [0.2, 0.25) is 6.33 Å². The molecule has 0 spiro atoms. The number of imidazole rings is 1. The van der Waals surface area contributed by atoms with Crippen LogP contribution in [0.3, 0.4) is 0 Å². The van der Waals surface area contributed by atoms with E-state index in [0.717, 1.165) is 19.4 Å². The number of hydrogen-bond acceptors (Lipinski definition) is 2. The third-order valence-electron chi connectivity index (χ3n) is 6.82. The predicted molar refractivity (Wildman–Crippen MR) is 88.6 cm³/mol. The molecule has 2 bridgehead atoms. The number of aryl methyl sites for hydroxylation is 1. The zero-order valence-electron chi connectivity index (χ0n) is 15.0. The van der Waals surface area contributed by atoms with E-state index in [1.165, 1.54) is 19.3 Å². The molecule has 4 nitrogen and oxygen atoms in total. The van der Waals surface area contributed by atoms with Crippen molar-refractivity contribution in [2.75, 3.05) is 0 Å². The van der Waals surface area contributed by atoms with E-state index in [-0.39, 0.29) is 22.9 Å². The highest BCUT2D eigenvalue weighted by molar-refractivity contribution is 5.68. The van der Waals surface area contributed by atoms with Gasteiger partial charge in [0.05, 0.1) is 6.54 Å². The first-order chi connectivity index (χ1) is 10.9.